The Hall–Kier alpha value is -1.06. The molecule has 1 aromatic rings. The molecule has 1 atom stereocenters. The van der Waals surface area contributed by atoms with Crippen LogP contribution in [0.2, 0.25) is 5.02 Å². The van der Waals surface area contributed by atoms with E-state index in [1.54, 1.807) is 18.2 Å². The van der Waals surface area contributed by atoms with Crippen molar-refractivity contribution in [3.8, 4) is 0 Å². The smallest absolute Gasteiger partial charge is 0.328 e. The highest BCUT2D eigenvalue weighted by molar-refractivity contribution is 6.31. The van der Waals surface area contributed by atoms with Gasteiger partial charge in [-0.15, -0.1) is 0 Å². The number of hydrogen-bond acceptors (Lipinski definition) is 2. The first-order valence-electron chi connectivity index (χ1n) is 4.14. The number of hydrogen-bond donors (Lipinski definition) is 2. The number of carboxylic acids is 1. The van der Waals surface area contributed by atoms with Gasteiger partial charge in [0.25, 0.3) is 0 Å². The van der Waals surface area contributed by atoms with Crippen LogP contribution in [0.5, 0.6) is 0 Å². The van der Waals surface area contributed by atoms with Crippen molar-refractivity contribution >= 4 is 17.6 Å². The molecule has 4 heteroatoms. The van der Waals surface area contributed by atoms with Gasteiger partial charge in [0.2, 0.25) is 0 Å². The third kappa shape index (κ3) is 1.89. The Balaban J connectivity index is 3.26. The number of halogens is 1. The largest absolute Gasteiger partial charge is 0.480 e. The van der Waals surface area contributed by atoms with Crippen molar-refractivity contribution in [2.24, 2.45) is 5.73 Å². The number of aliphatic carboxylic acids is 1. The molecule has 0 fully saturated rings. The van der Waals surface area contributed by atoms with Crippen molar-refractivity contribution in [2.45, 2.75) is 19.4 Å². The first-order valence-corrected chi connectivity index (χ1v) is 4.52. The quantitative estimate of drug-likeness (QED) is 0.789. The number of aryl methyl sites for hydroxylation is 1. The minimum Gasteiger partial charge on any atom is -0.480 e. The van der Waals surface area contributed by atoms with Gasteiger partial charge in [0.05, 0.1) is 0 Å². The average Bonchev–Trinajstić information content (AvgIpc) is 2.02. The average molecular weight is 214 g/mol. The predicted octanol–water partition coefficient (Wildman–Crippen LogP) is 1.91. The summed E-state index contributed by atoms with van der Waals surface area (Å²) in [5.74, 6) is -1.09. The summed E-state index contributed by atoms with van der Waals surface area (Å²) in [6.45, 7) is 3.30. The lowest BCUT2D eigenvalue weighted by molar-refractivity contribution is -0.143. The van der Waals surface area contributed by atoms with Gasteiger partial charge in [-0.3, -0.25) is 0 Å². The molecule has 0 unspecified atom stereocenters. The van der Waals surface area contributed by atoms with Gasteiger partial charge in [0.1, 0.15) is 5.54 Å². The molecule has 0 aliphatic carbocycles. The van der Waals surface area contributed by atoms with Crippen LogP contribution in [0, 0.1) is 6.92 Å². The van der Waals surface area contributed by atoms with E-state index in [0.717, 1.165) is 5.56 Å². The van der Waals surface area contributed by atoms with Gasteiger partial charge in [-0.05, 0) is 25.5 Å². The van der Waals surface area contributed by atoms with E-state index in [0.29, 0.717) is 10.6 Å². The number of benzene rings is 1. The Bertz CT molecular complexity index is 374. The molecule has 1 rings (SSSR count). The highest BCUT2D eigenvalue weighted by atomic mass is 35.5. The molecule has 0 saturated carbocycles. The fraction of sp³-hybridized carbons (Fsp3) is 0.300. The van der Waals surface area contributed by atoms with Crippen LogP contribution < -0.4 is 5.73 Å². The second-order valence-corrected chi connectivity index (χ2v) is 3.90. The first-order chi connectivity index (χ1) is 6.35. The van der Waals surface area contributed by atoms with Crippen LogP contribution in [-0.2, 0) is 10.3 Å². The molecule has 3 nitrogen and oxygen atoms in total. The van der Waals surface area contributed by atoms with Gasteiger partial charge in [0.15, 0.2) is 0 Å². The minimum atomic E-state index is -1.44. The third-order valence-corrected chi connectivity index (χ3v) is 2.44. The Labute approximate surface area is 87.5 Å². The van der Waals surface area contributed by atoms with Crippen LogP contribution in [-0.4, -0.2) is 11.1 Å². The Morgan fingerprint density at radius 3 is 2.57 bits per heavy atom. The van der Waals surface area contributed by atoms with E-state index >= 15 is 0 Å². The maximum absolute atomic E-state index is 10.9. The van der Waals surface area contributed by atoms with Gasteiger partial charge in [-0.2, -0.15) is 0 Å². The lowest BCUT2D eigenvalue weighted by Crippen LogP contribution is -2.41. The molecule has 0 amide bonds. The molecule has 76 valence electrons. The molecular formula is C10H12ClNO2. The van der Waals surface area contributed by atoms with Crippen LogP contribution in [0.1, 0.15) is 18.1 Å². The number of nitrogens with two attached hydrogens (primary N) is 1. The molecule has 0 aromatic heterocycles. The topological polar surface area (TPSA) is 63.3 Å². The molecule has 0 saturated heterocycles. The van der Waals surface area contributed by atoms with Crippen LogP contribution in [0.15, 0.2) is 18.2 Å². The summed E-state index contributed by atoms with van der Waals surface area (Å²) in [7, 11) is 0. The molecular weight excluding hydrogens is 202 g/mol. The van der Waals surface area contributed by atoms with Crippen LogP contribution >= 0.6 is 11.6 Å². The van der Waals surface area contributed by atoms with Gasteiger partial charge in [0, 0.05) is 10.6 Å². The van der Waals surface area contributed by atoms with Crippen molar-refractivity contribution in [1.29, 1.82) is 0 Å². The zero-order valence-electron chi connectivity index (χ0n) is 8.04. The summed E-state index contributed by atoms with van der Waals surface area (Å²) >= 11 is 5.91. The van der Waals surface area contributed by atoms with Gasteiger partial charge >= 0.3 is 5.97 Å². The zero-order valence-corrected chi connectivity index (χ0v) is 8.80. The van der Waals surface area contributed by atoms with Crippen molar-refractivity contribution in [3.63, 3.8) is 0 Å². The van der Waals surface area contributed by atoms with Crippen LogP contribution in [0.4, 0.5) is 0 Å². The summed E-state index contributed by atoms with van der Waals surface area (Å²) in [5.41, 5.74) is 5.61. The van der Waals surface area contributed by atoms with E-state index < -0.39 is 11.5 Å². The summed E-state index contributed by atoms with van der Waals surface area (Å²) in [5, 5.41) is 9.29. The lowest BCUT2D eigenvalue weighted by atomic mass is 9.93. The van der Waals surface area contributed by atoms with E-state index in [-0.39, 0.29) is 0 Å². The summed E-state index contributed by atoms with van der Waals surface area (Å²) in [4.78, 5) is 10.9. The summed E-state index contributed by atoms with van der Waals surface area (Å²) in [6.07, 6.45) is 0. The van der Waals surface area contributed by atoms with Crippen molar-refractivity contribution in [2.75, 3.05) is 0 Å². The van der Waals surface area contributed by atoms with Gasteiger partial charge < -0.3 is 10.8 Å². The molecule has 14 heavy (non-hydrogen) atoms. The molecule has 0 bridgehead atoms. The molecule has 0 radical (unpaired) electrons. The van der Waals surface area contributed by atoms with Crippen molar-refractivity contribution in [1.82, 2.24) is 0 Å². The Morgan fingerprint density at radius 1 is 1.57 bits per heavy atom. The highest BCUT2D eigenvalue weighted by Crippen LogP contribution is 2.27. The Morgan fingerprint density at radius 2 is 2.14 bits per heavy atom. The predicted molar refractivity (Wildman–Crippen MR) is 55.4 cm³/mol. The van der Waals surface area contributed by atoms with E-state index in [9.17, 15) is 4.79 Å². The maximum Gasteiger partial charge on any atom is 0.328 e. The standard InChI is InChI=1S/C10H12ClNO2/c1-6-3-4-7(8(11)5-6)10(2,12)9(13)14/h3-5H,12H2,1-2H3,(H,13,14)/t10-/m0/s1. The Kier molecular flexibility index (Phi) is 2.83. The molecule has 3 N–H and O–H groups in total. The van der Waals surface area contributed by atoms with E-state index in [1.807, 2.05) is 6.92 Å². The minimum absolute atomic E-state index is 0.386. The van der Waals surface area contributed by atoms with E-state index in [4.69, 9.17) is 22.4 Å². The van der Waals surface area contributed by atoms with Crippen molar-refractivity contribution < 1.29 is 9.90 Å². The second-order valence-electron chi connectivity index (χ2n) is 3.49. The molecule has 1 aromatic carbocycles. The normalized spacial score (nSPS) is 14.9. The number of carboxylic acid groups (broad SMARTS) is 1. The van der Waals surface area contributed by atoms with Crippen LogP contribution in [0.3, 0.4) is 0 Å². The summed E-state index contributed by atoms with van der Waals surface area (Å²) in [6, 6.07) is 5.13. The highest BCUT2D eigenvalue weighted by Gasteiger charge is 2.32. The molecule has 0 aliphatic heterocycles. The molecule has 0 heterocycles. The number of rotatable bonds is 2. The SMILES string of the molecule is Cc1ccc([C@](C)(N)C(=O)O)c(Cl)c1. The van der Waals surface area contributed by atoms with E-state index in [1.165, 1.54) is 6.92 Å². The zero-order chi connectivity index (χ0) is 10.9. The van der Waals surface area contributed by atoms with Crippen LogP contribution in [0.25, 0.3) is 0 Å². The fourth-order valence-corrected chi connectivity index (χ4v) is 1.59. The number of carbonyl (C=O) groups is 1. The van der Waals surface area contributed by atoms with E-state index in [2.05, 4.69) is 0 Å². The molecule has 0 aliphatic rings. The van der Waals surface area contributed by atoms with Gasteiger partial charge in [-0.1, -0.05) is 23.7 Å². The van der Waals surface area contributed by atoms with Crippen molar-refractivity contribution in [3.05, 3.63) is 34.3 Å². The fourth-order valence-electron chi connectivity index (χ4n) is 1.16. The molecule has 0 spiro atoms. The third-order valence-electron chi connectivity index (χ3n) is 2.13. The monoisotopic (exact) mass is 213 g/mol. The van der Waals surface area contributed by atoms with Gasteiger partial charge in [-0.25, -0.2) is 4.79 Å². The summed E-state index contributed by atoms with van der Waals surface area (Å²) < 4.78 is 0. The lowest BCUT2D eigenvalue weighted by Gasteiger charge is -2.21. The second kappa shape index (κ2) is 3.59. The first kappa shape index (κ1) is 11.0. The maximum atomic E-state index is 10.9.